The maximum absolute atomic E-state index is 13.2. The van der Waals surface area contributed by atoms with Gasteiger partial charge >= 0.3 is 0 Å². The lowest BCUT2D eigenvalue weighted by Gasteiger charge is -2.43. The topological polar surface area (TPSA) is 40.6 Å². The number of carbonyl (C=O) groups is 2. The van der Waals surface area contributed by atoms with Gasteiger partial charge in [0, 0.05) is 18.4 Å². The van der Waals surface area contributed by atoms with Gasteiger partial charge in [-0.2, -0.15) is 0 Å². The molecule has 1 aliphatic rings. The summed E-state index contributed by atoms with van der Waals surface area (Å²) < 4.78 is 0. The Balaban J connectivity index is 2.73. The summed E-state index contributed by atoms with van der Waals surface area (Å²) in [4.78, 5) is 29.2. The van der Waals surface area contributed by atoms with E-state index in [0.29, 0.717) is 11.1 Å². The number of fused-ring (bicyclic) bond motifs is 1. The number of terminal acetylenes is 2. The van der Waals surface area contributed by atoms with Crippen LogP contribution in [-0.4, -0.2) is 41.9 Å². The molecule has 0 radical (unpaired) electrons. The number of imide groups is 1. The number of rotatable bonds is 4. The van der Waals surface area contributed by atoms with Gasteiger partial charge < -0.3 is 0 Å². The first kappa shape index (κ1) is 16.8. The molecule has 0 fully saturated rings. The minimum atomic E-state index is -1.04. The smallest absolute Gasteiger partial charge is 0.262 e. The number of benzene rings is 1. The number of hydrogen-bond donors (Lipinski definition) is 0. The lowest BCUT2D eigenvalue weighted by Crippen LogP contribution is -2.59. The largest absolute Gasteiger partial charge is 0.289 e. The van der Waals surface area contributed by atoms with Crippen LogP contribution >= 0.6 is 0 Å². The number of hydrogen-bond acceptors (Lipinski definition) is 3. The van der Waals surface area contributed by atoms with E-state index < -0.39 is 11.6 Å². The van der Waals surface area contributed by atoms with E-state index in [4.69, 9.17) is 12.8 Å². The summed E-state index contributed by atoms with van der Waals surface area (Å²) >= 11 is 0. The SMILES string of the molecule is C#CCC1(CC#C)C(=O)N(C(C)N(C)C)C(=O)c2ccccc21. The molecule has 118 valence electrons. The standard InChI is InChI=1S/C19H20N2O2/c1-6-12-19(13-7-2)16-11-9-8-10-15(16)17(22)21(18(19)23)14(3)20(4)5/h1-2,8-11,14H,12-13H2,3-5H3. The first-order chi connectivity index (χ1) is 10.9. The van der Waals surface area contributed by atoms with Gasteiger partial charge in [-0.25, -0.2) is 0 Å². The second kappa shape index (κ2) is 6.28. The summed E-state index contributed by atoms with van der Waals surface area (Å²) in [6.07, 6.45) is 11.0. The van der Waals surface area contributed by atoms with Crippen molar-refractivity contribution < 1.29 is 9.59 Å². The predicted octanol–water partition coefficient (Wildman–Crippen LogP) is 1.86. The monoisotopic (exact) mass is 308 g/mol. The molecule has 23 heavy (non-hydrogen) atoms. The van der Waals surface area contributed by atoms with Crippen LogP contribution < -0.4 is 0 Å². The second-order valence-electron chi connectivity index (χ2n) is 5.97. The molecule has 1 atom stereocenters. The average Bonchev–Trinajstić information content (AvgIpc) is 2.53. The zero-order valence-electron chi connectivity index (χ0n) is 13.7. The van der Waals surface area contributed by atoms with Crippen LogP contribution in [0.1, 0.15) is 35.7 Å². The fraction of sp³-hybridized carbons (Fsp3) is 0.368. The Morgan fingerprint density at radius 1 is 1.17 bits per heavy atom. The summed E-state index contributed by atoms with van der Waals surface area (Å²) in [6, 6.07) is 7.08. The van der Waals surface area contributed by atoms with Crippen molar-refractivity contribution in [1.29, 1.82) is 0 Å². The average molecular weight is 308 g/mol. The predicted molar refractivity (Wildman–Crippen MR) is 89.3 cm³/mol. The molecule has 0 saturated heterocycles. The van der Waals surface area contributed by atoms with E-state index in [0.717, 1.165) is 0 Å². The minimum Gasteiger partial charge on any atom is -0.289 e. The van der Waals surface area contributed by atoms with Crippen molar-refractivity contribution in [2.75, 3.05) is 14.1 Å². The Morgan fingerprint density at radius 3 is 2.26 bits per heavy atom. The van der Waals surface area contributed by atoms with Crippen molar-refractivity contribution in [3.63, 3.8) is 0 Å². The molecule has 4 heteroatoms. The third kappa shape index (κ3) is 2.52. The highest BCUT2D eigenvalue weighted by molar-refractivity contribution is 6.13. The molecule has 0 bridgehead atoms. The van der Waals surface area contributed by atoms with Crippen molar-refractivity contribution in [1.82, 2.24) is 9.80 Å². The molecule has 1 heterocycles. The maximum atomic E-state index is 13.2. The molecule has 0 spiro atoms. The van der Waals surface area contributed by atoms with Crippen LogP contribution in [0, 0.1) is 24.7 Å². The van der Waals surface area contributed by atoms with Crippen molar-refractivity contribution in [2.24, 2.45) is 0 Å². The van der Waals surface area contributed by atoms with E-state index in [2.05, 4.69) is 11.8 Å². The van der Waals surface area contributed by atoms with Gasteiger partial charge in [-0.05, 0) is 32.6 Å². The fourth-order valence-corrected chi connectivity index (χ4v) is 2.98. The summed E-state index contributed by atoms with van der Waals surface area (Å²) in [5.74, 6) is 4.51. The summed E-state index contributed by atoms with van der Waals surface area (Å²) in [7, 11) is 3.63. The van der Waals surface area contributed by atoms with Crippen molar-refractivity contribution in [3.05, 3.63) is 35.4 Å². The van der Waals surface area contributed by atoms with Gasteiger partial charge in [-0.1, -0.05) is 18.2 Å². The molecule has 0 aromatic heterocycles. The Kier molecular flexibility index (Phi) is 4.59. The molecule has 1 aromatic carbocycles. The van der Waals surface area contributed by atoms with Gasteiger partial charge in [-0.15, -0.1) is 24.7 Å². The van der Waals surface area contributed by atoms with E-state index in [-0.39, 0.29) is 24.7 Å². The van der Waals surface area contributed by atoms with E-state index in [9.17, 15) is 9.59 Å². The summed E-state index contributed by atoms with van der Waals surface area (Å²) in [6.45, 7) is 1.81. The maximum Gasteiger partial charge on any atom is 0.262 e. The Morgan fingerprint density at radius 2 is 1.74 bits per heavy atom. The first-order valence-electron chi connectivity index (χ1n) is 7.41. The van der Waals surface area contributed by atoms with Crippen LogP contribution in [0.3, 0.4) is 0 Å². The molecule has 2 rings (SSSR count). The van der Waals surface area contributed by atoms with Crippen LogP contribution in [0.5, 0.6) is 0 Å². The molecule has 4 nitrogen and oxygen atoms in total. The third-order valence-corrected chi connectivity index (χ3v) is 4.45. The molecule has 1 aliphatic heterocycles. The number of nitrogens with zero attached hydrogens (tertiary/aromatic N) is 2. The van der Waals surface area contributed by atoms with Gasteiger partial charge in [0.15, 0.2) is 0 Å². The second-order valence-corrected chi connectivity index (χ2v) is 5.97. The van der Waals surface area contributed by atoms with Crippen molar-refractivity contribution in [2.45, 2.75) is 31.3 Å². The van der Waals surface area contributed by atoms with Crippen molar-refractivity contribution in [3.8, 4) is 24.7 Å². The number of amides is 2. The quantitative estimate of drug-likeness (QED) is 0.630. The lowest BCUT2D eigenvalue weighted by molar-refractivity contribution is -0.139. The Hall–Kier alpha value is -2.56. The van der Waals surface area contributed by atoms with Gasteiger partial charge in [-0.3, -0.25) is 19.4 Å². The normalized spacial score (nSPS) is 17.4. The highest BCUT2D eigenvalue weighted by atomic mass is 16.2. The first-order valence-corrected chi connectivity index (χ1v) is 7.41. The molecule has 0 saturated carbocycles. The van der Waals surface area contributed by atoms with Crippen molar-refractivity contribution >= 4 is 11.8 Å². The van der Waals surface area contributed by atoms with E-state index >= 15 is 0 Å². The van der Waals surface area contributed by atoms with Crippen LogP contribution in [-0.2, 0) is 10.2 Å². The van der Waals surface area contributed by atoms with Gasteiger partial charge in [0.25, 0.3) is 5.91 Å². The fourth-order valence-electron chi connectivity index (χ4n) is 2.98. The molecule has 1 unspecified atom stereocenters. The summed E-state index contributed by atoms with van der Waals surface area (Å²) in [5, 5.41) is 0. The highest BCUT2D eigenvalue weighted by Gasteiger charge is 2.51. The minimum absolute atomic E-state index is 0.164. The zero-order chi connectivity index (χ0) is 17.2. The molecule has 0 N–H and O–H groups in total. The Labute approximate surface area is 137 Å². The molecule has 2 amide bonds. The molecular weight excluding hydrogens is 288 g/mol. The van der Waals surface area contributed by atoms with Gasteiger partial charge in [0.05, 0.1) is 11.6 Å². The van der Waals surface area contributed by atoms with E-state index in [1.54, 1.807) is 36.1 Å². The molecule has 0 aliphatic carbocycles. The third-order valence-electron chi connectivity index (χ3n) is 4.45. The lowest BCUT2D eigenvalue weighted by atomic mass is 9.69. The van der Waals surface area contributed by atoms with Crippen LogP contribution in [0.15, 0.2) is 24.3 Å². The number of carbonyl (C=O) groups excluding carboxylic acids is 2. The molecule has 1 aromatic rings. The zero-order valence-corrected chi connectivity index (χ0v) is 13.7. The van der Waals surface area contributed by atoms with Crippen LogP contribution in [0.2, 0.25) is 0 Å². The van der Waals surface area contributed by atoms with Crippen LogP contribution in [0.25, 0.3) is 0 Å². The van der Waals surface area contributed by atoms with Crippen LogP contribution in [0.4, 0.5) is 0 Å². The Bertz CT molecular complexity index is 706. The van der Waals surface area contributed by atoms with E-state index in [1.165, 1.54) is 4.90 Å². The van der Waals surface area contributed by atoms with E-state index in [1.807, 2.05) is 14.1 Å². The summed E-state index contributed by atoms with van der Waals surface area (Å²) in [5.41, 5.74) is 0.0811. The molecular formula is C19H20N2O2. The van der Waals surface area contributed by atoms with Gasteiger partial charge in [0.2, 0.25) is 5.91 Å². The highest BCUT2D eigenvalue weighted by Crippen LogP contribution is 2.40. The van der Waals surface area contributed by atoms with Gasteiger partial charge in [0.1, 0.15) is 0 Å².